The molecule has 2 rings (SSSR count). The van der Waals surface area contributed by atoms with E-state index in [9.17, 15) is 4.79 Å². The number of rotatable bonds is 0. The van der Waals surface area contributed by atoms with Gasteiger partial charge in [0.15, 0.2) is 0 Å². The molecule has 0 radical (unpaired) electrons. The van der Waals surface area contributed by atoms with E-state index in [-0.39, 0.29) is 5.63 Å². The van der Waals surface area contributed by atoms with Crippen LogP contribution in [0.5, 0.6) is 0 Å². The number of aryl methyl sites for hydroxylation is 2. The van der Waals surface area contributed by atoms with Crippen molar-refractivity contribution in [3.05, 3.63) is 39.9 Å². The zero-order chi connectivity index (χ0) is 9.42. The van der Waals surface area contributed by atoms with E-state index < -0.39 is 0 Å². The van der Waals surface area contributed by atoms with Gasteiger partial charge in [-0.2, -0.15) is 0 Å². The second-order valence-corrected chi connectivity index (χ2v) is 3.12. The summed E-state index contributed by atoms with van der Waals surface area (Å²) in [6, 6.07) is 3.74. The van der Waals surface area contributed by atoms with Crippen molar-refractivity contribution in [2.45, 2.75) is 13.8 Å². The molecule has 0 N–H and O–H groups in total. The lowest BCUT2D eigenvalue weighted by atomic mass is 10.2. The molecule has 0 aromatic carbocycles. The van der Waals surface area contributed by atoms with Gasteiger partial charge in [0.05, 0.1) is 0 Å². The molecule has 0 aliphatic carbocycles. The Kier molecular flexibility index (Phi) is 1.65. The van der Waals surface area contributed by atoms with Gasteiger partial charge in [-0.3, -0.25) is 0 Å². The highest BCUT2D eigenvalue weighted by Gasteiger charge is 2.01. The smallest absolute Gasteiger partial charge is 0.340 e. The SMILES string of the molecule is Cc1cnc2oc(=O)c(C)cc2c1. The Bertz CT molecular complexity index is 514. The average molecular weight is 175 g/mol. The number of hydrogen-bond acceptors (Lipinski definition) is 3. The zero-order valence-electron chi connectivity index (χ0n) is 7.50. The molecule has 3 nitrogen and oxygen atoms in total. The maximum Gasteiger partial charge on any atom is 0.340 e. The normalized spacial score (nSPS) is 10.6. The fourth-order valence-electron chi connectivity index (χ4n) is 1.23. The third-order valence-corrected chi connectivity index (χ3v) is 1.90. The van der Waals surface area contributed by atoms with Gasteiger partial charge in [-0.05, 0) is 31.5 Å². The van der Waals surface area contributed by atoms with Crippen LogP contribution in [0.2, 0.25) is 0 Å². The summed E-state index contributed by atoms with van der Waals surface area (Å²) in [5.74, 6) is 0. The van der Waals surface area contributed by atoms with Gasteiger partial charge in [0.1, 0.15) is 0 Å². The molecule has 2 aromatic rings. The summed E-state index contributed by atoms with van der Waals surface area (Å²) in [7, 11) is 0. The minimum atomic E-state index is -0.316. The lowest BCUT2D eigenvalue weighted by Crippen LogP contribution is -2.02. The molecule has 0 spiro atoms. The van der Waals surface area contributed by atoms with Crippen LogP contribution in [0.15, 0.2) is 27.5 Å². The van der Waals surface area contributed by atoms with E-state index in [4.69, 9.17) is 4.42 Å². The highest BCUT2D eigenvalue weighted by atomic mass is 16.4. The molecule has 13 heavy (non-hydrogen) atoms. The first-order valence-electron chi connectivity index (χ1n) is 4.04. The van der Waals surface area contributed by atoms with E-state index in [2.05, 4.69) is 4.98 Å². The summed E-state index contributed by atoms with van der Waals surface area (Å²) >= 11 is 0. The number of aromatic nitrogens is 1. The largest absolute Gasteiger partial charge is 0.403 e. The lowest BCUT2D eigenvalue weighted by Gasteiger charge is -1.97. The molecule has 0 fully saturated rings. The van der Waals surface area contributed by atoms with Crippen molar-refractivity contribution < 1.29 is 4.42 Å². The topological polar surface area (TPSA) is 43.1 Å². The van der Waals surface area contributed by atoms with Crippen LogP contribution in [0.1, 0.15) is 11.1 Å². The quantitative estimate of drug-likeness (QED) is 0.613. The van der Waals surface area contributed by atoms with Crippen LogP contribution in [-0.2, 0) is 0 Å². The number of fused-ring (bicyclic) bond motifs is 1. The fraction of sp³-hybridized carbons (Fsp3) is 0.200. The van der Waals surface area contributed by atoms with Crippen molar-refractivity contribution in [1.82, 2.24) is 4.98 Å². The zero-order valence-corrected chi connectivity index (χ0v) is 7.50. The average Bonchev–Trinajstić information content (AvgIpc) is 2.08. The van der Waals surface area contributed by atoms with Gasteiger partial charge in [0.25, 0.3) is 0 Å². The predicted molar refractivity (Wildman–Crippen MR) is 49.8 cm³/mol. The molecule has 3 heteroatoms. The van der Waals surface area contributed by atoms with Crippen molar-refractivity contribution in [1.29, 1.82) is 0 Å². The summed E-state index contributed by atoms with van der Waals surface area (Å²) in [5.41, 5.74) is 1.76. The van der Waals surface area contributed by atoms with Crippen LogP contribution >= 0.6 is 0 Å². The Hall–Kier alpha value is -1.64. The van der Waals surface area contributed by atoms with Gasteiger partial charge in [-0.15, -0.1) is 0 Å². The fourth-order valence-corrected chi connectivity index (χ4v) is 1.23. The van der Waals surface area contributed by atoms with Crippen LogP contribution in [0.25, 0.3) is 11.1 Å². The summed E-state index contributed by atoms with van der Waals surface area (Å²) in [6.07, 6.45) is 1.68. The summed E-state index contributed by atoms with van der Waals surface area (Å²) in [5, 5.41) is 0.872. The van der Waals surface area contributed by atoms with Gasteiger partial charge in [0.2, 0.25) is 5.71 Å². The van der Waals surface area contributed by atoms with Crippen LogP contribution in [-0.4, -0.2) is 4.98 Å². The first-order chi connectivity index (χ1) is 6.16. The van der Waals surface area contributed by atoms with Gasteiger partial charge in [-0.25, -0.2) is 9.78 Å². The minimum Gasteiger partial charge on any atom is -0.403 e. The maximum absolute atomic E-state index is 11.1. The van der Waals surface area contributed by atoms with Crippen molar-refractivity contribution in [2.75, 3.05) is 0 Å². The molecule has 66 valence electrons. The molecule has 0 unspecified atom stereocenters. The number of pyridine rings is 1. The van der Waals surface area contributed by atoms with E-state index in [0.29, 0.717) is 11.3 Å². The Labute approximate surface area is 75.0 Å². The highest BCUT2D eigenvalue weighted by Crippen LogP contribution is 2.11. The predicted octanol–water partition coefficient (Wildman–Crippen LogP) is 1.80. The van der Waals surface area contributed by atoms with E-state index in [1.807, 2.05) is 13.0 Å². The Morgan fingerprint density at radius 3 is 2.85 bits per heavy atom. The third-order valence-electron chi connectivity index (χ3n) is 1.90. The summed E-state index contributed by atoms with van der Waals surface area (Å²) in [6.45, 7) is 3.68. The van der Waals surface area contributed by atoms with Crippen molar-refractivity contribution in [3.63, 3.8) is 0 Å². The van der Waals surface area contributed by atoms with E-state index in [1.165, 1.54) is 0 Å². The summed E-state index contributed by atoms with van der Waals surface area (Å²) < 4.78 is 4.98. The Balaban J connectivity index is 2.89. The van der Waals surface area contributed by atoms with E-state index in [1.54, 1.807) is 19.2 Å². The molecule has 2 heterocycles. The lowest BCUT2D eigenvalue weighted by molar-refractivity contribution is 0.544. The highest BCUT2D eigenvalue weighted by molar-refractivity contribution is 5.73. The molecular formula is C10H9NO2. The van der Waals surface area contributed by atoms with Crippen molar-refractivity contribution in [3.8, 4) is 0 Å². The molecule has 0 amide bonds. The van der Waals surface area contributed by atoms with Crippen LogP contribution < -0.4 is 5.63 Å². The van der Waals surface area contributed by atoms with Crippen LogP contribution in [0.4, 0.5) is 0 Å². The molecule has 0 aliphatic rings. The molecular weight excluding hydrogens is 166 g/mol. The van der Waals surface area contributed by atoms with Crippen molar-refractivity contribution >= 4 is 11.1 Å². The standard InChI is InChI=1S/C10H9NO2/c1-6-3-8-4-7(2)10(12)13-9(8)11-5-6/h3-5H,1-2H3. The first-order valence-corrected chi connectivity index (χ1v) is 4.04. The van der Waals surface area contributed by atoms with Gasteiger partial charge >= 0.3 is 5.63 Å². The van der Waals surface area contributed by atoms with Gasteiger partial charge < -0.3 is 4.42 Å². The van der Waals surface area contributed by atoms with Crippen LogP contribution in [0.3, 0.4) is 0 Å². The number of nitrogens with zero attached hydrogens (tertiary/aromatic N) is 1. The van der Waals surface area contributed by atoms with Crippen molar-refractivity contribution in [2.24, 2.45) is 0 Å². The van der Waals surface area contributed by atoms with E-state index >= 15 is 0 Å². The second-order valence-electron chi connectivity index (χ2n) is 3.12. The Morgan fingerprint density at radius 1 is 1.31 bits per heavy atom. The van der Waals surface area contributed by atoms with Gasteiger partial charge in [-0.1, -0.05) is 0 Å². The monoisotopic (exact) mass is 175 g/mol. The third kappa shape index (κ3) is 1.33. The first kappa shape index (κ1) is 7.98. The minimum absolute atomic E-state index is 0.316. The van der Waals surface area contributed by atoms with E-state index in [0.717, 1.165) is 10.9 Å². The maximum atomic E-state index is 11.1. The van der Waals surface area contributed by atoms with Crippen LogP contribution in [0, 0.1) is 13.8 Å². The second kappa shape index (κ2) is 2.69. The molecule has 2 aromatic heterocycles. The van der Waals surface area contributed by atoms with Gasteiger partial charge in [0, 0.05) is 17.1 Å². The molecule has 0 saturated heterocycles. The number of hydrogen-bond donors (Lipinski definition) is 0. The molecule has 0 aliphatic heterocycles. The summed E-state index contributed by atoms with van der Waals surface area (Å²) in [4.78, 5) is 15.1. The molecule has 0 saturated carbocycles. The Morgan fingerprint density at radius 2 is 2.08 bits per heavy atom. The molecule has 0 bridgehead atoms. The molecule has 0 atom stereocenters.